The van der Waals surface area contributed by atoms with Gasteiger partial charge in [-0.25, -0.2) is 0 Å². The summed E-state index contributed by atoms with van der Waals surface area (Å²) < 4.78 is 40.1. The predicted octanol–water partition coefficient (Wildman–Crippen LogP) is 2.56. The molecule has 0 saturated heterocycles. The van der Waals surface area contributed by atoms with Gasteiger partial charge in [-0.05, 0) is 24.6 Å². The SMILES string of the molecule is Nc1ccc(OC(F)(F)F)c(C=CCCO)c1. The number of benzene rings is 1. The van der Waals surface area contributed by atoms with Crippen molar-refractivity contribution in [3.8, 4) is 5.75 Å². The van der Waals surface area contributed by atoms with Gasteiger partial charge < -0.3 is 15.6 Å². The molecule has 0 aliphatic heterocycles. The predicted molar refractivity (Wildman–Crippen MR) is 58.3 cm³/mol. The number of ether oxygens (including phenoxy) is 1. The van der Waals surface area contributed by atoms with Crippen molar-refractivity contribution in [2.24, 2.45) is 0 Å². The van der Waals surface area contributed by atoms with Crippen LogP contribution in [-0.4, -0.2) is 18.1 Å². The van der Waals surface area contributed by atoms with E-state index in [0.29, 0.717) is 12.1 Å². The Hall–Kier alpha value is -1.69. The molecule has 0 amide bonds. The van der Waals surface area contributed by atoms with E-state index < -0.39 is 6.36 Å². The number of hydrogen-bond donors (Lipinski definition) is 2. The van der Waals surface area contributed by atoms with Crippen LogP contribution in [0.5, 0.6) is 5.75 Å². The van der Waals surface area contributed by atoms with Crippen molar-refractivity contribution in [1.82, 2.24) is 0 Å². The first-order chi connectivity index (χ1) is 7.92. The van der Waals surface area contributed by atoms with Crippen molar-refractivity contribution in [3.05, 3.63) is 29.8 Å². The summed E-state index contributed by atoms with van der Waals surface area (Å²) in [6, 6.07) is 3.85. The molecule has 0 unspecified atom stereocenters. The summed E-state index contributed by atoms with van der Waals surface area (Å²) in [5, 5.41) is 8.57. The van der Waals surface area contributed by atoms with Gasteiger partial charge in [0, 0.05) is 17.9 Å². The highest BCUT2D eigenvalue weighted by atomic mass is 19.4. The Morgan fingerprint density at radius 1 is 1.35 bits per heavy atom. The van der Waals surface area contributed by atoms with Crippen LogP contribution in [0.25, 0.3) is 6.08 Å². The van der Waals surface area contributed by atoms with Crippen LogP contribution in [0, 0.1) is 0 Å². The van der Waals surface area contributed by atoms with E-state index in [0.717, 1.165) is 6.07 Å². The highest BCUT2D eigenvalue weighted by Crippen LogP contribution is 2.28. The Labute approximate surface area is 96.3 Å². The average Bonchev–Trinajstić information content (AvgIpc) is 2.20. The van der Waals surface area contributed by atoms with Crippen molar-refractivity contribution in [2.45, 2.75) is 12.8 Å². The van der Waals surface area contributed by atoms with Crippen molar-refractivity contribution >= 4 is 11.8 Å². The van der Waals surface area contributed by atoms with E-state index in [9.17, 15) is 13.2 Å². The molecular weight excluding hydrogens is 235 g/mol. The molecule has 1 aromatic carbocycles. The Bertz CT molecular complexity index is 402. The van der Waals surface area contributed by atoms with Gasteiger partial charge in [-0.15, -0.1) is 13.2 Å². The molecule has 94 valence electrons. The Balaban J connectivity index is 2.95. The molecule has 6 heteroatoms. The first kappa shape index (κ1) is 13.4. The van der Waals surface area contributed by atoms with Gasteiger partial charge >= 0.3 is 6.36 Å². The van der Waals surface area contributed by atoms with E-state index in [1.807, 2.05) is 0 Å². The molecule has 0 heterocycles. The smallest absolute Gasteiger partial charge is 0.405 e. The van der Waals surface area contributed by atoms with Crippen molar-refractivity contribution < 1.29 is 23.0 Å². The fraction of sp³-hybridized carbons (Fsp3) is 0.273. The number of aliphatic hydroxyl groups is 1. The molecule has 0 aromatic heterocycles. The highest BCUT2D eigenvalue weighted by molar-refractivity contribution is 5.62. The quantitative estimate of drug-likeness (QED) is 0.804. The number of aliphatic hydroxyl groups excluding tert-OH is 1. The largest absolute Gasteiger partial charge is 0.573 e. The van der Waals surface area contributed by atoms with Crippen molar-refractivity contribution in [3.63, 3.8) is 0 Å². The second-order valence-electron chi connectivity index (χ2n) is 3.26. The zero-order valence-electron chi connectivity index (χ0n) is 8.87. The van der Waals surface area contributed by atoms with Crippen LogP contribution in [0.2, 0.25) is 0 Å². The van der Waals surface area contributed by atoms with Crippen LogP contribution in [0.3, 0.4) is 0 Å². The first-order valence-electron chi connectivity index (χ1n) is 4.85. The molecule has 0 aliphatic rings. The molecule has 3 nitrogen and oxygen atoms in total. The molecule has 1 rings (SSSR count). The van der Waals surface area contributed by atoms with Crippen LogP contribution in [0.4, 0.5) is 18.9 Å². The number of halogens is 3. The van der Waals surface area contributed by atoms with Gasteiger partial charge in [0.1, 0.15) is 5.75 Å². The maximum atomic E-state index is 12.1. The molecular formula is C11H12F3NO2. The summed E-state index contributed by atoms with van der Waals surface area (Å²) in [6.07, 6.45) is -1.43. The van der Waals surface area contributed by atoms with Gasteiger partial charge in [0.2, 0.25) is 0 Å². The molecule has 0 radical (unpaired) electrons. The Morgan fingerprint density at radius 3 is 2.65 bits per heavy atom. The molecule has 0 atom stereocenters. The van der Waals surface area contributed by atoms with Gasteiger partial charge in [-0.2, -0.15) is 0 Å². The topological polar surface area (TPSA) is 55.5 Å². The molecule has 1 aromatic rings. The van der Waals surface area contributed by atoms with Crippen molar-refractivity contribution in [2.75, 3.05) is 12.3 Å². The minimum absolute atomic E-state index is 0.0751. The third-order valence-electron chi connectivity index (χ3n) is 1.85. The monoisotopic (exact) mass is 247 g/mol. The number of nitrogen functional groups attached to an aromatic ring is 1. The van der Waals surface area contributed by atoms with Gasteiger partial charge in [0.05, 0.1) is 0 Å². The molecule has 3 N–H and O–H groups in total. The summed E-state index contributed by atoms with van der Waals surface area (Å²) in [4.78, 5) is 0. The van der Waals surface area contributed by atoms with Crippen LogP contribution < -0.4 is 10.5 Å². The summed E-state index contributed by atoms with van der Waals surface area (Å²) in [6.45, 7) is -0.0751. The summed E-state index contributed by atoms with van der Waals surface area (Å²) in [7, 11) is 0. The minimum Gasteiger partial charge on any atom is -0.405 e. The molecule has 0 saturated carbocycles. The Kier molecular flexibility index (Phi) is 4.39. The van der Waals surface area contributed by atoms with Crippen LogP contribution >= 0.6 is 0 Å². The summed E-state index contributed by atoms with van der Waals surface area (Å²) >= 11 is 0. The lowest BCUT2D eigenvalue weighted by Gasteiger charge is -2.11. The maximum absolute atomic E-state index is 12.1. The second-order valence-corrected chi connectivity index (χ2v) is 3.26. The lowest BCUT2D eigenvalue weighted by Crippen LogP contribution is -2.17. The fourth-order valence-electron chi connectivity index (χ4n) is 1.20. The summed E-state index contributed by atoms with van der Waals surface area (Å²) in [5.74, 6) is -0.319. The van der Waals surface area contributed by atoms with Crippen LogP contribution in [0.15, 0.2) is 24.3 Å². The zero-order valence-corrected chi connectivity index (χ0v) is 8.87. The molecule has 0 aliphatic carbocycles. The maximum Gasteiger partial charge on any atom is 0.573 e. The van der Waals surface area contributed by atoms with Gasteiger partial charge in [-0.1, -0.05) is 12.2 Å². The number of nitrogens with two attached hydrogens (primary N) is 1. The van der Waals surface area contributed by atoms with E-state index in [1.54, 1.807) is 0 Å². The van der Waals surface area contributed by atoms with E-state index >= 15 is 0 Å². The van der Waals surface area contributed by atoms with Crippen molar-refractivity contribution in [1.29, 1.82) is 0 Å². The average molecular weight is 247 g/mol. The van der Waals surface area contributed by atoms with E-state index in [4.69, 9.17) is 10.8 Å². The number of hydrogen-bond acceptors (Lipinski definition) is 3. The van der Waals surface area contributed by atoms with E-state index in [2.05, 4.69) is 4.74 Å². The van der Waals surface area contributed by atoms with Gasteiger partial charge in [0.15, 0.2) is 0 Å². The van der Waals surface area contributed by atoms with Crippen LogP contribution in [0.1, 0.15) is 12.0 Å². The molecule has 0 fully saturated rings. The second kappa shape index (κ2) is 5.58. The normalized spacial score (nSPS) is 12.0. The fourth-order valence-corrected chi connectivity index (χ4v) is 1.20. The zero-order chi connectivity index (χ0) is 12.9. The van der Waals surface area contributed by atoms with Crippen LogP contribution in [-0.2, 0) is 0 Å². The summed E-state index contributed by atoms with van der Waals surface area (Å²) in [5.41, 5.74) is 6.03. The van der Waals surface area contributed by atoms with Gasteiger partial charge in [0.25, 0.3) is 0 Å². The highest BCUT2D eigenvalue weighted by Gasteiger charge is 2.31. The number of anilines is 1. The molecule has 17 heavy (non-hydrogen) atoms. The van der Waals surface area contributed by atoms with Gasteiger partial charge in [-0.3, -0.25) is 0 Å². The lowest BCUT2D eigenvalue weighted by molar-refractivity contribution is -0.274. The molecule has 0 spiro atoms. The Morgan fingerprint density at radius 2 is 2.06 bits per heavy atom. The number of alkyl halides is 3. The molecule has 0 bridgehead atoms. The standard InChI is InChI=1S/C11H12F3NO2/c12-11(13,14)17-10-5-4-9(15)7-8(10)3-1-2-6-16/h1,3-5,7,16H,2,6,15H2. The third kappa shape index (κ3) is 4.78. The third-order valence-corrected chi connectivity index (χ3v) is 1.85. The first-order valence-corrected chi connectivity index (χ1v) is 4.85. The van der Waals surface area contributed by atoms with E-state index in [1.165, 1.54) is 24.3 Å². The lowest BCUT2D eigenvalue weighted by atomic mass is 10.1. The number of rotatable bonds is 4. The minimum atomic E-state index is -4.74. The van der Waals surface area contributed by atoms with E-state index in [-0.39, 0.29) is 17.9 Å².